The molecule has 8 heteroatoms. The van der Waals surface area contributed by atoms with Crippen LogP contribution in [0.15, 0.2) is 29.6 Å². The largest absolute Gasteiger partial charge is 0.478 e. The van der Waals surface area contributed by atoms with E-state index in [4.69, 9.17) is 4.74 Å². The molecule has 0 aliphatic rings. The number of ether oxygens (including phenoxy) is 1. The van der Waals surface area contributed by atoms with Gasteiger partial charge in [0.1, 0.15) is 12.2 Å². The first-order valence-corrected chi connectivity index (χ1v) is 7.08. The zero-order valence-corrected chi connectivity index (χ0v) is 13.1. The molecule has 0 unspecified atom stereocenters. The number of hydrogen-bond donors (Lipinski definition) is 2. The van der Waals surface area contributed by atoms with Gasteiger partial charge in [-0.2, -0.15) is 5.10 Å². The Morgan fingerprint density at radius 3 is 2.82 bits per heavy atom. The van der Waals surface area contributed by atoms with Crippen molar-refractivity contribution in [3.8, 4) is 5.88 Å². The van der Waals surface area contributed by atoms with Crippen molar-refractivity contribution in [2.45, 2.75) is 20.0 Å². The van der Waals surface area contributed by atoms with Crippen LogP contribution >= 0.6 is 0 Å². The average Bonchev–Trinajstić information content (AvgIpc) is 2.94. The molecule has 0 saturated heterocycles. The molecule has 8 nitrogen and oxygen atoms in total. The molecule has 0 atom stereocenters. The van der Waals surface area contributed by atoms with Gasteiger partial charge in [0.2, 0.25) is 5.88 Å². The minimum absolute atomic E-state index is 0.543. The summed E-state index contributed by atoms with van der Waals surface area (Å²) in [5.74, 6) is 2.15. The van der Waals surface area contributed by atoms with E-state index in [1.54, 1.807) is 17.9 Å². The van der Waals surface area contributed by atoms with Crippen LogP contribution in [0.5, 0.6) is 5.88 Å². The summed E-state index contributed by atoms with van der Waals surface area (Å²) in [5, 5.41) is 10.4. The summed E-state index contributed by atoms with van der Waals surface area (Å²) in [5.41, 5.74) is 0.978. The maximum Gasteiger partial charge on any atom is 0.218 e. The predicted molar refractivity (Wildman–Crippen MR) is 83.4 cm³/mol. The molecule has 2 rings (SSSR count). The first kappa shape index (κ1) is 15.7. The molecular weight excluding hydrogens is 282 g/mol. The standard InChI is InChI=1S/C14H21N7O/c1-4-22-13-11(6-5-7-16-13)8-17-14(15-2)18-9-12-19-10-20-21(12)3/h5-7,10H,4,8-9H2,1-3H3,(H2,15,17,18). The van der Waals surface area contributed by atoms with Gasteiger partial charge in [-0.15, -0.1) is 0 Å². The lowest BCUT2D eigenvalue weighted by atomic mass is 10.2. The Balaban J connectivity index is 1.90. The molecule has 118 valence electrons. The first-order chi connectivity index (χ1) is 10.7. The third kappa shape index (κ3) is 4.18. The molecule has 2 aromatic heterocycles. The van der Waals surface area contributed by atoms with Crippen LogP contribution in [-0.2, 0) is 20.1 Å². The summed E-state index contributed by atoms with van der Waals surface area (Å²) >= 11 is 0. The highest BCUT2D eigenvalue weighted by Crippen LogP contribution is 2.13. The highest BCUT2D eigenvalue weighted by Gasteiger charge is 2.06. The fraction of sp³-hybridized carbons (Fsp3) is 0.429. The van der Waals surface area contributed by atoms with Crippen molar-refractivity contribution in [2.24, 2.45) is 12.0 Å². The molecule has 0 aliphatic heterocycles. The minimum Gasteiger partial charge on any atom is -0.478 e. The van der Waals surface area contributed by atoms with Gasteiger partial charge < -0.3 is 15.4 Å². The van der Waals surface area contributed by atoms with E-state index in [-0.39, 0.29) is 0 Å². The van der Waals surface area contributed by atoms with Crippen LogP contribution in [0, 0.1) is 0 Å². The molecule has 2 aromatic rings. The summed E-state index contributed by atoms with van der Waals surface area (Å²) in [6, 6.07) is 3.86. The quantitative estimate of drug-likeness (QED) is 0.596. The number of aromatic nitrogens is 4. The second kappa shape index (κ2) is 7.96. The molecule has 2 heterocycles. The molecule has 22 heavy (non-hydrogen) atoms. The van der Waals surface area contributed by atoms with Gasteiger partial charge in [-0.1, -0.05) is 6.07 Å². The molecular formula is C14H21N7O. The Hall–Kier alpha value is -2.64. The normalized spacial score (nSPS) is 11.3. The van der Waals surface area contributed by atoms with Crippen molar-refractivity contribution < 1.29 is 4.74 Å². The number of nitrogens with one attached hydrogen (secondary N) is 2. The third-order valence-corrected chi connectivity index (χ3v) is 3.02. The van der Waals surface area contributed by atoms with Gasteiger partial charge in [-0.25, -0.2) is 9.97 Å². The number of rotatable bonds is 6. The van der Waals surface area contributed by atoms with E-state index in [1.165, 1.54) is 6.33 Å². The number of aliphatic imine (C=N–C) groups is 1. The maximum absolute atomic E-state index is 5.50. The smallest absolute Gasteiger partial charge is 0.218 e. The maximum atomic E-state index is 5.50. The molecule has 0 fully saturated rings. The first-order valence-electron chi connectivity index (χ1n) is 7.08. The van der Waals surface area contributed by atoms with Gasteiger partial charge in [0, 0.05) is 32.4 Å². The van der Waals surface area contributed by atoms with Gasteiger partial charge in [-0.05, 0) is 13.0 Å². The minimum atomic E-state index is 0.543. The fourth-order valence-corrected chi connectivity index (χ4v) is 1.87. The highest BCUT2D eigenvalue weighted by molar-refractivity contribution is 5.79. The molecule has 0 aromatic carbocycles. The lowest BCUT2D eigenvalue weighted by Gasteiger charge is -2.13. The van der Waals surface area contributed by atoms with E-state index in [0.717, 1.165) is 11.4 Å². The molecule has 0 bridgehead atoms. The zero-order chi connectivity index (χ0) is 15.8. The Morgan fingerprint density at radius 1 is 1.32 bits per heavy atom. The molecule has 0 saturated carbocycles. The fourth-order valence-electron chi connectivity index (χ4n) is 1.87. The van der Waals surface area contributed by atoms with Crippen LogP contribution in [0.1, 0.15) is 18.3 Å². The van der Waals surface area contributed by atoms with E-state index < -0.39 is 0 Å². The second-order valence-electron chi connectivity index (χ2n) is 4.48. The monoisotopic (exact) mass is 303 g/mol. The van der Waals surface area contributed by atoms with Crippen molar-refractivity contribution in [3.05, 3.63) is 36.0 Å². The zero-order valence-electron chi connectivity index (χ0n) is 13.1. The molecule has 0 aliphatic carbocycles. The van der Waals surface area contributed by atoms with Crippen LogP contribution in [0.2, 0.25) is 0 Å². The van der Waals surface area contributed by atoms with Crippen molar-refractivity contribution in [1.82, 2.24) is 30.4 Å². The number of guanidine groups is 1. The summed E-state index contributed by atoms with van der Waals surface area (Å²) in [4.78, 5) is 12.6. The summed E-state index contributed by atoms with van der Waals surface area (Å²) in [6.07, 6.45) is 3.24. The molecule has 0 amide bonds. The van der Waals surface area contributed by atoms with Gasteiger partial charge in [-0.3, -0.25) is 9.67 Å². The van der Waals surface area contributed by atoms with Gasteiger partial charge in [0.15, 0.2) is 5.96 Å². The summed E-state index contributed by atoms with van der Waals surface area (Å²) in [6.45, 7) is 3.64. The number of aryl methyl sites for hydroxylation is 1. The topological polar surface area (TPSA) is 89.2 Å². The van der Waals surface area contributed by atoms with E-state index in [9.17, 15) is 0 Å². The van der Waals surface area contributed by atoms with E-state index in [1.807, 2.05) is 26.1 Å². The highest BCUT2D eigenvalue weighted by atomic mass is 16.5. The number of nitrogens with zero attached hydrogens (tertiary/aromatic N) is 5. The summed E-state index contributed by atoms with van der Waals surface area (Å²) < 4.78 is 7.22. The Labute approximate surface area is 129 Å². The van der Waals surface area contributed by atoms with Crippen LogP contribution in [-0.4, -0.2) is 39.4 Å². The molecule has 2 N–H and O–H groups in total. The van der Waals surface area contributed by atoms with Gasteiger partial charge in [0.05, 0.1) is 13.2 Å². The molecule has 0 radical (unpaired) electrons. The Kier molecular flexibility index (Phi) is 5.70. The van der Waals surface area contributed by atoms with E-state index in [0.29, 0.717) is 31.5 Å². The Bertz CT molecular complexity index is 623. The van der Waals surface area contributed by atoms with Crippen LogP contribution in [0.3, 0.4) is 0 Å². The van der Waals surface area contributed by atoms with Crippen LogP contribution < -0.4 is 15.4 Å². The van der Waals surface area contributed by atoms with Gasteiger partial charge in [0.25, 0.3) is 0 Å². The second-order valence-corrected chi connectivity index (χ2v) is 4.48. The lowest BCUT2D eigenvalue weighted by molar-refractivity contribution is 0.322. The van der Waals surface area contributed by atoms with Crippen LogP contribution in [0.4, 0.5) is 0 Å². The Morgan fingerprint density at radius 2 is 2.14 bits per heavy atom. The SMILES string of the molecule is CCOc1ncccc1CNC(=NC)NCc1ncnn1C. The van der Waals surface area contributed by atoms with E-state index in [2.05, 4.69) is 30.7 Å². The van der Waals surface area contributed by atoms with Crippen molar-refractivity contribution in [3.63, 3.8) is 0 Å². The lowest BCUT2D eigenvalue weighted by Crippen LogP contribution is -2.37. The van der Waals surface area contributed by atoms with Crippen molar-refractivity contribution in [2.75, 3.05) is 13.7 Å². The van der Waals surface area contributed by atoms with Crippen LogP contribution in [0.25, 0.3) is 0 Å². The number of hydrogen-bond acceptors (Lipinski definition) is 5. The van der Waals surface area contributed by atoms with Crippen molar-refractivity contribution in [1.29, 1.82) is 0 Å². The van der Waals surface area contributed by atoms with E-state index >= 15 is 0 Å². The predicted octanol–water partition coefficient (Wildman–Crippen LogP) is 0.474. The van der Waals surface area contributed by atoms with Gasteiger partial charge >= 0.3 is 0 Å². The average molecular weight is 303 g/mol. The van der Waals surface area contributed by atoms with Crippen molar-refractivity contribution >= 4 is 5.96 Å². The molecule has 0 spiro atoms. The summed E-state index contributed by atoms with van der Waals surface area (Å²) in [7, 11) is 3.57. The number of pyridine rings is 1. The third-order valence-electron chi connectivity index (χ3n) is 3.02.